The fraction of sp³-hybridized carbons (Fsp3) is 0.500. The van der Waals surface area contributed by atoms with Gasteiger partial charge in [0.05, 0.1) is 12.5 Å². The molecule has 21 heavy (non-hydrogen) atoms. The molecule has 5 nitrogen and oxygen atoms in total. The summed E-state index contributed by atoms with van der Waals surface area (Å²) in [6.45, 7) is 2.53. The molecule has 0 spiro atoms. The molecule has 1 amide bonds. The van der Waals surface area contributed by atoms with Gasteiger partial charge in [-0.25, -0.2) is 0 Å². The number of hydrogen-bond donors (Lipinski definition) is 1. The van der Waals surface area contributed by atoms with Gasteiger partial charge in [0.25, 0.3) is 0 Å². The largest absolute Gasteiger partial charge is 0.497 e. The van der Waals surface area contributed by atoms with Crippen LogP contribution < -0.4 is 4.74 Å². The van der Waals surface area contributed by atoms with Gasteiger partial charge in [-0.15, -0.1) is 0 Å². The fourth-order valence-electron chi connectivity index (χ4n) is 2.59. The molecule has 114 valence electrons. The number of rotatable bonds is 5. The van der Waals surface area contributed by atoms with E-state index < -0.39 is 11.4 Å². The van der Waals surface area contributed by atoms with E-state index in [-0.39, 0.29) is 5.91 Å². The predicted molar refractivity (Wildman–Crippen MR) is 78.3 cm³/mol. The Morgan fingerprint density at radius 2 is 2.19 bits per heavy atom. The summed E-state index contributed by atoms with van der Waals surface area (Å²) in [4.78, 5) is 25.0. The second-order valence-electron chi connectivity index (χ2n) is 5.78. The lowest BCUT2D eigenvalue weighted by Gasteiger charge is -2.20. The van der Waals surface area contributed by atoms with Crippen LogP contribution in [0.1, 0.15) is 25.3 Å². The molecule has 0 bridgehead atoms. The van der Waals surface area contributed by atoms with Gasteiger partial charge >= 0.3 is 5.97 Å². The molecule has 0 saturated carbocycles. The first-order valence-electron chi connectivity index (χ1n) is 7.09. The zero-order valence-electron chi connectivity index (χ0n) is 12.5. The number of likely N-dealkylation sites (tertiary alicyclic amines) is 1. The van der Waals surface area contributed by atoms with Crippen LogP contribution in [0.15, 0.2) is 24.3 Å². The summed E-state index contributed by atoms with van der Waals surface area (Å²) in [6, 6.07) is 7.64. The number of nitrogens with zero attached hydrogens (tertiary/aromatic N) is 1. The number of carbonyl (C=O) groups excluding carboxylic acids is 1. The molecule has 1 atom stereocenters. The number of carboxylic acids is 1. The molecule has 0 aromatic heterocycles. The fourth-order valence-corrected chi connectivity index (χ4v) is 2.59. The van der Waals surface area contributed by atoms with Crippen LogP contribution in [0.25, 0.3) is 0 Å². The number of aliphatic carboxylic acids is 1. The molecule has 1 aliphatic heterocycles. The van der Waals surface area contributed by atoms with Gasteiger partial charge in [0.2, 0.25) is 5.91 Å². The molecule has 0 radical (unpaired) electrons. The second-order valence-corrected chi connectivity index (χ2v) is 5.78. The van der Waals surface area contributed by atoms with E-state index in [9.17, 15) is 14.7 Å². The highest BCUT2D eigenvalue weighted by Gasteiger charge is 2.41. The van der Waals surface area contributed by atoms with Crippen LogP contribution in [-0.4, -0.2) is 42.1 Å². The van der Waals surface area contributed by atoms with Gasteiger partial charge < -0.3 is 14.7 Å². The highest BCUT2D eigenvalue weighted by atomic mass is 16.5. The second kappa shape index (κ2) is 6.16. The minimum Gasteiger partial charge on any atom is -0.497 e. The third-order valence-corrected chi connectivity index (χ3v) is 4.10. The quantitative estimate of drug-likeness (QED) is 0.900. The number of hydrogen-bond acceptors (Lipinski definition) is 3. The van der Waals surface area contributed by atoms with Crippen LogP contribution in [0, 0.1) is 5.41 Å². The topological polar surface area (TPSA) is 66.8 Å². The third-order valence-electron chi connectivity index (χ3n) is 4.10. The smallest absolute Gasteiger partial charge is 0.311 e. The Labute approximate surface area is 124 Å². The Morgan fingerprint density at radius 1 is 1.43 bits per heavy atom. The molecule has 1 aromatic rings. The van der Waals surface area contributed by atoms with E-state index in [0.717, 1.165) is 11.3 Å². The Kier molecular flexibility index (Phi) is 4.50. The maximum absolute atomic E-state index is 12.2. The van der Waals surface area contributed by atoms with Gasteiger partial charge in [-0.05, 0) is 37.5 Å². The molecule has 1 saturated heterocycles. The van der Waals surface area contributed by atoms with Crippen LogP contribution in [0.2, 0.25) is 0 Å². The lowest BCUT2D eigenvalue weighted by Crippen LogP contribution is -2.34. The first-order valence-corrected chi connectivity index (χ1v) is 7.09. The van der Waals surface area contributed by atoms with Crippen molar-refractivity contribution in [1.82, 2.24) is 4.90 Å². The highest BCUT2D eigenvalue weighted by Crippen LogP contribution is 2.30. The number of ether oxygens (including phenoxy) is 1. The first-order chi connectivity index (χ1) is 9.94. The highest BCUT2D eigenvalue weighted by molar-refractivity contribution is 5.80. The number of amides is 1. The van der Waals surface area contributed by atoms with Gasteiger partial charge in [0.15, 0.2) is 0 Å². The zero-order chi connectivity index (χ0) is 15.5. The summed E-state index contributed by atoms with van der Waals surface area (Å²) in [5.74, 6) is -0.0343. The van der Waals surface area contributed by atoms with Crippen molar-refractivity contribution in [3.05, 3.63) is 29.8 Å². The summed E-state index contributed by atoms with van der Waals surface area (Å²) < 4.78 is 5.15. The average molecular weight is 291 g/mol. The summed E-state index contributed by atoms with van der Waals surface area (Å²) >= 11 is 0. The number of benzene rings is 1. The van der Waals surface area contributed by atoms with E-state index >= 15 is 0 Å². The maximum Gasteiger partial charge on any atom is 0.311 e. The van der Waals surface area contributed by atoms with E-state index in [2.05, 4.69) is 0 Å². The van der Waals surface area contributed by atoms with Crippen molar-refractivity contribution in [1.29, 1.82) is 0 Å². The minimum absolute atomic E-state index is 0.0165. The minimum atomic E-state index is -0.828. The molecule has 1 heterocycles. The van der Waals surface area contributed by atoms with Crippen molar-refractivity contribution in [2.24, 2.45) is 5.41 Å². The van der Waals surface area contributed by atoms with Crippen molar-refractivity contribution in [2.45, 2.75) is 26.2 Å². The zero-order valence-corrected chi connectivity index (χ0v) is 12.5. The Morgan fingerprint density at radius 3 is 2.81 bits per heavy atom. The summed E-state index contributed by atoms with van der Waals surface area (Å²) in [6.07, 6.45) is 1.55. The summed E-state index contributed by atoms with van der Waals surface area (Å²) in [5.41, 5.74) is 0.244. The third kappa shape index (κ3) is 3.54. The van der Waals surface area contributed by atoms with Gasteiger partial charge in [0.1, 0.15) is 5.75 Å². The number of aryl methyl sites for hydroxylation is 1. The van der Waals surface area contributed by atoms with Gasteiger partial charge in [0, 0.05) is 19.5 Å². The lowest BCUT2D eigenvalue weighted by molar-refractivity contribution is -0.147. The number of carbonyl (C=O) groups is 2. The van der Waals surface area contributed by atoms with E-state index in [0.29, 0.717) is 32.4 Å². The Bertz CT molecular complexity index is 543. The molecular formula is C16H21NO4. The molecule has 2 rings (SSSR count). The van der Waals surface area contributed by atoms with E-state index in [4.69, 9.17) is 4.74 Å². The van der Waals surface area contributed by atoms with Crippen molar-refractivity contribution in [2.75, 3.05) is 20.2 Å². The van der Waals surface area contributed by atoms with Crippen molar-refractivity contribution in [3.63, 3.8) is 0 Å². The van der Waals surface area contributed by atoms with Crippen LogP contribution in [0.3, 0.4) is 0 Å². The summed E-state index contributed by atoms with van der Waals surface area (Å²) in [7, 11) is 1.61. The van der Waals surface area contributed by atoms with Crippen molar-refractivity contribution < 1.29 is 19.4 Å². The molecular weight excluding hydrogens is 270 g/mol. The number of carboxylic acid groups (broad SMARTS) is 1. The molecule has 0 aliphatic carbocycles. The molecule has 1 aliphatic rings. The predicted octanol–water partition coefficient (Wildman–Crippen LogP) is 1.95. The average Bonchev–Trinajstić information content (AvgIpc) is 2.89. The Hall–Kier alpha value is -2.04. The van der Waals surface area contributed by atoms with Gasteiger partial charge in [-0.3, -0.25) is 9.59 Å². The molecule has 5 heteroatoms. The lowest BCUT2D eigenvalue weighted by atomic mass is 9.90. The Balaban J connectivity index is 1.89. The first kappa shape index (κ1) is 15.4. The normalized spacial score (nSPS) is 21.3. The van der Waals surface area contributed by atoms with Gasteiger partial charge in [-0.2, -0.15) is 0 Å². The number of methoxy groups -OCH3 is 1. The van der Waals surface area contributed by atoms with Gasteiger partial charge in [-0.1, -0.05) is 12.1 Å². The standard InChI is InChI=1S/C16H21NO4/c1-16(15(19)20)8-9-17(11-16)14(18)7-6-12-4-3-5-13(10-12)21-2/h3-5,10H,6-9,11H2,1-2H3,(H,19,20). The van der Waals surface area contributed by atoms with E-state index in [1.807, 2.05) is 24.3 Å². The van der Waals surface area contributed by atoms with Crippen LogP contribution in [-0.2, 0) is 16.0 Å². The van der Waals surface area contributed by atoms with E-state index in [1.165, 1.54) is 0 Å². The van der Waals surface area contributed by atoms with Crippen molar-refractivity contribution in [3.8, 4) is 5.75 Å². The van der Waals surface area contributed by atoms with Crippen molar-refractivity contribution >= 4 is 11.9 Å². The molecule has 1 fully saturated rings. The SMILES string of the molecule is COc1cccc(CCC(=O)N2CCC(C)(C(=O)O)C2)c1. The van der Waals surface area contributed by atoms with Crippen LogP contribution in [0.4, 0.5) is 0 Å². The summed E-state index contributed by atoms with van der Waals surface area (Å²) in [5, 5.41) is 9.19. The molecule has 1 N–H and O–H groups in total. The molecule has 1 aromatic carbocycles. The van der Waals surface area contributed by atoms with Crippen LogP contribution in [0.5, 0.6) is 5.75 Å². The maximum atomic E-state index is 12.2. The van der Waals surface area contributed by atoms with E-state index in [1.54, 1.807) is 18.9 Å². The van der Waals surface area contributed by atoms with Crippen LogP contribution >= 0.6 is 0 Å². The molecule has 1 unspecified atom stereocenters. The monoisotopic (exact) mass is 291 g/mol.